The van der Waals surface area contributed by atoms with Crippen LogP contribution in [0.1, 0.15) is 17.0 Å². The molecule has 1 fully saturated rings. The van der Waals surface area contributed by atoms with Crippen LogP contribution >= 0.6 is 11.6 Å². The molecule has 1 heterocycles. The quantitative estimate of drug-likeness (QED) is 0.856. The minimum atomic E-state index is -1.38. The number of carbonyl (C=O) groups excluding carboxylic acids is 1. The van der Waals surface area contributed by atoms with Crippen molar-refractivity contribution in [1.29, 1.82) is 0 Å². The van der Waals surface area contributed by atoms with E-state index in [1.165, 1.54) is 4.90 Å². The molecule has 5 nitrogen and oxygen atoms in total. The van der Waals surface area contributed by atoms with Crippen LogP contribution in [0.4, 0.5) is 4.79 Å². The molecule has 2 aliphatic rings. The summed E-state index contributed by atoms with van der Waals surface area (Å²) in [6, 6.07) is 16.2. The van der Waals surface area contributed by atoms with Crippen LogP contribution in [0.25, 0.3) is 11.1 Å². The zero-order valence-electron chi connectivity index (χ0n) is 13.3. The lowest BCUT2D eigenvalue weighted by molar-refractivity contribution is -0.144. The lowest BCUT2D eigenvalue weighted by Crippen LogP contribution is -2.64. The lowest BCUT2D eigenvalue weighted by atomic mass is 9.98. The number of hydrogen-bond donors (Lipinski definition) is 1. The summed E-state index contributed by atoms with van der Waals surface area (Å²) in [7, 11) is 0. The van der Waals surface area contributed by atoms with E-state index in [0.717, 1.165) is 22.3 Å². The Morgan fingerprint density at radius 1 is 1.08 bits per heavy atom. The normalized spacial score (nSPS) is 17.4. The maximum atomic E-state index is 12.2. The molecule has 0 saturated carbocycles. The number of fused-ring (bicyclic) bond motifs is 3. The van der Waals surface area contributed by atoms with E-state index in [0.29, 0.717) is 0 Å². The fraction of sp³-hybridized carbons (Fsp3) is 0.263. The summed E-state index contributed by atoms with van der Waals surface area (Å²) in [5, 5.41) is 9.00. The molecule has 0 bridgehead atoms. The van der Waals surface area contributed by atoms with Gasteiger partial charge in [0.25, 0.3) is 0 Å². The number of carboxylic acids is 1. The van der Waals surface area contributed by atoms with Crippen molar-refractivity contribution in [1.82, 2.24) is 4.90 Å². The third kappa shape index (κ3) is 2.55. The smallest absolute Gasteiger partial charge is 0.409 e. The molecule has 1 amide bonds. The largest absolute Gasteiger partial charge is 0.480 e. The average molecular weight is 358 g/mol. The van der Waals surface area contributed by atoms with Crippen molar-refractivity contribution in [3.8, 4) is 11.1 Å². The van der Waals surface area contributed by atoms with Gasteiger partial charge in [0.15, 0.2) is 4.87 Å². The first-order valence-corrected chi connectivity index (χ1v) is 8.40. The number of aliphatic carboxylic acids is 1. The first kappa shape index (κ1) is 16.0. The Kier molecular flexibility index (Phi) is 3.69. The van der Waals surface area contributed by atoms with E-state index in [1.807, 2.05) is 36.4 Å². The molecule has 4 rings (SSSR count). The second kappa shape index (κ2) is 5.77. The van der Waals surface area contributed by atoms with E-state index in [2.05, 4.69) is 12.1 Å². The number of likely N-dealkylation sites (tertiary alicyclic amines) is 1. The second-order valence-electron chi connectivity index (χ2n) is 6.43. The van der Waals surface area contributed by atoms with Crippen LogP contribution in [0.5, 0.6) is 0 Å². The highest BCUT2D eigenvalue weighted by molar-refractivity contribution is 6.35. The minimum absolute atomic E-state index is 0.0159. The Bertz CT molecular complexity index is 815. The number of benzene rings is 2. The molecule has 0 radical (unpaired) electrons. The van der Waals surface area contributed by atoms with Crippen molar-refractivity contribution in [2.24, 2.45) is 0 Å². The molecule has 6 heteroatoms. The van der Waals surface area contributed by atoms with Crippen molar-refractivity contribution in [2.45, 2.75) is 10.8 Å². The molecule has 0 atom stereocenters. The van der Waals surface area contributed by atoms with Crippen molar-refractivity contribution >= 4 is 23.7 Å². The number of halogens is 1. The van der Waals surface area contributed by atoms with E-state index in [9.17, 15) is 9.59 Å². The summed E-state index contributed by atoms with van der Waals surface area (Å²) in [5.74, 6) is -1.13. The Labute approximate surface area is 149 Å². The van der Waals surface area contributed by atoms with Gasteiger partial charge in [-0.15, -0.1) is 11.6 Å². The van der Waals surface area contributed by atoms with Gasteiger partial charge in [0, 0.05) is 5.92 Å². The second-order valence-corrected chi connectivity index (χ2v) is 7.15. The highest BCUT2D eigenvalue weighted by Gasteiger charge is 2.51. The van der Waals surface area contributed by atoms with Gasteiger partial charge in [0.2, 0.25) is 0 Å². The van der Waals surface area contributed by atoms with Gasteiger partial charge in [-0.25, -0.2) is 4.79 Å². The maximum Gasteiger partial charge on any atom is 0.409 e. The molecular formula is C19H16ClNO4. The third-order valence-corrected chi connectivity index (χ3v) is 5.26. The highest BCUT2D eigenvalue weighted by atomic mass is 35.5. The number of rotatable bonds is 3. The Balaban J connectivity index is 1.47. The zero-order valence-corrected chi connectivity index (χ0v) is 14.1. The Morgan fingerprint density at radius 2 is 1.60 bits per heavy atom. The van der Waals surface area contributed by atoms with Crippen molar-refractivity contribution in [3.05, 3.63) is 59.7 Å². The first-order chi connectivity index (χ1) is 12.0. The fourth-order valence-electron chi connectivity index (χ4n) is 3.51. The average Bonchev–Trinajstić information content (AvgIpc) is 2.91. The number of carboxylic acid groups (broad SMARTS) is 1. The maximum absolute atomic E-state index is 12.2. The van der Waals surface area contributed by atoms with E-state index in [4.69, 9.17) is 21.4 Å². The monoisotopic (exact) mass is 357 g/mol. The number of carbonyl (C=O) groups is 2. The predicted octanol–water partition coefficient (Wildman–Crippen LogP) is 3.31. The molecule has 0 unspecified atom stereocenters. The van der Waals surface area contributed by atoms with Crippen LogP contribution in [-0.2, 0) is 9.53 Å². The zero-order chi connectivity index (χ0) is 17.6. The summed E-state index contributed by atoms with van der Waals surface area (Å²) in [5.41, 5.74) is 4.59. The Hall–Kier alpha value is -2.53. The molecule has 0 aromatic heterocycles. The SMILES string of the molecule is O=C(OCC1c2ccccc2-c2ccccc21)N1CC(Cl)(C(=O)O)C1. The third-order valence-electron chi connectivity index (χ3n) is 4.86. The predicted molar refractivity (Wildman–Crippen MR) is 92.9 cm³/mol. The van der Waals surface area contributed by atoms with E-state index in [1.54, 1.807) is 0 Å². The van der Waals surface area contributed by atoms with Crippen LogP contribution in [0.2, 0.25) is 0 Å². The Morgan fingerprint density at radius 3 is 2.12 bits per heavy atom. The summed E-state index contributed by atoms with van der Waals surface area (Å²) < 4.78 is 5.45. The van der Waals surface area contributed by atoms with Gasteiger partial charge < -0.3 is 14.7 Å². The van der Waals surface area contributed by atoms with Crippen molar-refractivity contribution in [3.63, 3.8) is 0 Å². The minimum Gasteiger partial charge on any atom is -0.480 e. The summed E-state index contributed by atoms with van der Waals surface area (Å²) >= 11 is 5.89. The molecule has 2 aromatic rings. The highest BCUT2D eigenvalue weighted by Crippen LogP contribution is 2.44. The number of alkyl halides is 1. The van der Waals surface area contributed by atoms with Crippen LogP contribution in [0, 0.1) is 0 Å². The number of hydrogen-bond acceptors (Lipinski definition) is 3. The molecule has 128 valence electrons. The van der Waals surface area contributed by atoms with Gasteiger partial charge in [-0.2, -0.15) is 0 Å². The van der Waals surface area contributed by atoms with Gasteiger partial charge in [0.1, 0.15) is 6.61 Å². The first-order valence-electron chi connectivity index (χ1n) is 8.02. The molecule has 2 aromatic carbocycles. The van der Waals surface area contributed by atoms with E-state index < -0.39 is 16.9 Å². The van der Waals surface area contributed by atoms with Crippen molar-refractivity contribution < 1.29 is 19.4 Å². The molecule has 1 aliphatic carbocycles. The lowest BCUT2D eigenvalue weighted by Gasteiger charge is -2.41. The molecule has 1 N–H and O–H groups in total. The topological polar surface area (TPSA) is 66.8 Å². The number of nitrogens with zero attached hydrogens (tertiary/aromatic N) is 1. The molecule has 0 spiro atoms. The van der Waals surface area contributed by atoms with Gasteiger partial charge in [-0.05, 0) is 22.3 Å². The summed E-state index contributed by atoms with van der Waals surface area (Å²) in [6.45, 7) is 0.132. The van der Waals surface area contributed by atoms with E-state index in [-0.39, 0.29) is 25.6 Å². The number of amides is 1. The standard InChI is InChI=1S/C19H16ClNO4/c20-19(17(22)23)10-21(11-19)18(24)25-9-16-14-7-3-1-5-12(14)13-6-2-4-8-15(13)16/h1-8,16H,9-11H2,(H,22,23). The van der Waals surface area contributed by atoms with Gasteiger partial charge in [-0.3, -0.25) is 4.79 Å². The van der Waals surface area contributed by atoms with Gasteiger partial charge >= 0.3 is 12.1 Å². The fourth-order valence-corrected chi connectivity index (χ4v) is 3.80. The van der Waals surface area contributed by atoms with Gasteiger partial charge in [0.05, 0.1) is 13.1 Å². The molecule has 1 saturated heterocycles. The molecule has 25 heavy (non-hydrogen) atoms. The van der Waals surface area contributed by atoms with Crippen LogP contribution in [-0.4, -0.2) is 46.6 Å². The molecule has 1 aliphatic heterocycles. The van der Waals surface area contributed by atoms with Gasteiger partial charge in [-0.1, -0.05) is 48.5 Å². The molecular weight excluding hydrogens is 342 g/mol. The van der Waals surface area contributed by atoms with E-state index >= 15 is 0 Å². The van der Waals surface area contributed by atoms with Crippen LogP contribution < -0.4 is 0 Å². The number of ether oxygens (including phenoxy) is 1. The summed E-state index contributed by atoms with van der Waals surface area (Å²) in [4.78, 5) is 23.1. The van der Waals surface area contributed by atoms with Crippen molar-refractivity contribution in [2.75, 3.05) is 19.7 Å². The van der Waals surface area contributed by atoms with Crippen LogP contribution in [0.15, 0.2) is 48.5 Å². The summed E-state index contributed by atoms with van der Waals surface area (Å²) in [6.07, 6.45) is -0.528. The van der Waals surface area contributed by atoms with Crippen LogP contribution in [0.3, 0.4) is 0 Å².